The largest absolute Gasteiger partial charge is 0.497 e. The van der Waals surface area contributed by atoms with E-state index in [1.54, 1.807) is 62.6 Å². The van der Waals surface area contributed by atoms with E-state index in [9.17, 15) is 19.2 Å². The van der Waals surface area contributed by atoms with Crippen LogP contribution >= 0.6 is 34.5 Å². The molecule has 0 saturated carbocycles. The van der Waals surface area contributed by atoms with Crippen LogP contribution in [0.15, 0.2) is 71.5 Å². The van der Waals surface area contributed by atoms with Gasteiger partial charge in [-0.25, -0.2) is 4.79 Å². The molecule has 0 aliphatic rings. The summed E-state index contributed by atoms with van der Waals surface area (Å²) in [6.45, 7) is 1.78. The fourth-order valence-electron chi connectivity index (χ4n) is 3.95. The molecule has 2 N–H and O–H groups in total. The summed E-state index contributed by atoms with van der Waals surface area (Å²) in [5, 5.41) is 6.20. The minimum absolute atomic E-state index is 0.159. The third kappa shape index (κ3) is 8.57. The van der Waals surface area contributed by atoms with Gasteiger partial charge < -0.3 is 20.1 Å². The monoisotopic (exact) mass is 639 g/mol. The van der Waals surface area contributed by atoms with Crippen LogP contribution in [0.5, 0.6) is 5.75 Å². The van der Waals surface area contributed by atoms with Crippen LogP contribution in [-0.4, -0.2) is 36.1 Å². The topological polar surface area (TPSA) is 116 Å². The first-order chi connectivity index (χ1) is 20.7. The number of carbonyl (C=O) groups excluding carboxylic acids is 3. The third-order valence-corrected chi connectivity index (χ3v) is 7.64. The van der Waals surface area contributed by atoms with Crippen molar-refractivity contribution in [2.24, 2.45) is 0 Å². The Morgan fingerprint density at radius 2 is 1.79 bits per heavy atom. The molecule has 3 aromatic carbocycles. The molecule has 0 unspecified atom stereocenters. The number of ether oxygens (including phenoxy) is 2. The highest BCUT2D eigenvalue weighted by Crippen LogP contribution is 2.22. The number of nitrogens with zero attached hydrogens (tertiary/aromatic N) is 1. The summed E-state index contributed by atoms with van der Waals surface area (Å²) in [5.74, 6) is -0.773. The standard InChI is InChI=1S/C31H27Cl2N3O6S/c1-3-42-29(38)16-28-36(18-27(37)34-17-19-7-10-23(41-2)11-8-19)31(40)26(43-28)14-20-5-4-6-22(13-20)35-30(39)24-12-9-21(32)15-25(24)33/h4-16H,3,17-18H2,1-2H3,(H,34,37)(H,35,39). The number of carbonyl (C=O) groups is 3. The van der Waals surface area contributed by atoms with Crippen LogP contribution in [0, 0.1) is 0 Å². The van der Waals surface area contributed by atoms with Gasteiger partial charge in [0.1, 0.15) is 17.0 Å². The van der Waals surface area contributed by atoms with E-state index in [0.29, 0.717) is 22.0 Å². The van der Waals surface area contributed by atoms with Crippen molar-refractivity contribution >= 4 is 70.2 Å². The zero-order chi connectivity index (χ0) is 30.9. The lowest BCUT2D eigenvalue weighted by Gasteiger charge is -2.08. The maximum Gasteiger partial charge on any atom is 0.333 e. The number of methoxy groups -OCH3 is 1. The Kier molecular flexibility index (Phi) is 10.8. The zero-order valence-corrected chi connectivity index (χ0v) is 25.5. The van der Waals surface area contributed by atoms with Gasteiger partial charge in [0.15, 0.2) is 0 Å². The Balaban J connectivity index is 1.59. The molecule has 1 heterocycles. The quantitative estimate of drug-likeness (QED) is 0.254. The molecule has 4 rings (SSSR count). The van der Waals surface area contributed by atoms with Crippen LogP contribution in [0.4, 0.5) is 5.69 Å². The summed E-state index contributed by atoms with van der Waals surface area (Å²) in [5.41, 5.74) is 1.73. The molecule has 222 valence electrons. The number of aromatic nitrogens is 1. The van der Waals surface area contributed by atoms with Crippen LogP contribution in [0.3, 0.4) is 0 Å². The van der Waals surface area contributed by atoms with Gasteiger partial charge >= 0.3 is 5.97 Å². The number of benzene rings is 3. The number of nitrogens with one attached hydrogen (secondary N) is 2. The number of rotatable bonds is 10. The Labute approximate surface area is 261 Å². The summed E-state index contributed by atoms with van der Waals surface area (Å²) in [7, 11) is 1.57. The van der Waals surface area contributed by atoms with Crippen LogP contribution in [-0.2, 0) is 27.4 Å². The first kappa shape index (κ1) is 31.6. The lowest BCUT2D eigenvalue weighted by atomic mass is 10.1. The average Bonchev–Trinajstić information content (AvgIpc) is 3.25. The molecule has 4 aromatic rings. The summed E-state index contributed by atoms with van der Waals surface area (Å²) >= 11 is 13.1. The lowest BCUT2D eigenvalue weighted by Crippen LogP contribution is -2.38. The number of esters is 1. The first-order valence-corrected chi connectivity index (χ1v) is 14.6. The van der Waals surface area contributed by atoms with Gasteiger partial charge in [-0.3, -0.25) is 19.0 Å². The summed E-state index contributed by atoms with van der Waals surface area (Å²) in [6.07, 6.45) is 2.81. The second-order valence-electron chi connectivity index (χ2n) is 9.07. The van der Waals surface area contributed by atoms with E-state index in [1.807, 2.05) is 12.1 Å². The Bertz CT molecular complexity index is 1830. The van der Waals surface area contributed by atoms with Crippen molar-refractivity contribution < 1.29 is 23.9 Å². The predicted molar refractivity (Wildman–Crippen MR) is 168 cm³/mol. The number of hydrogen-bond acceptors (Lipinski definition) is 7. The van der Waals surface area contributed by atoms with E-state index in [1.165, 1.54) is 22.8 Å². The number of halogens is 2. The summed E-state index contributed by atoms with van der Waals surface area (Å²) in [6, 6.07) is 18.6. The number of hydrogen-bond donors (Lipinski definition) is 2. The van der Waals surface area contributed by atoms with Crippen molar-refractivity contribution in [1.82, 2.24) is 9.88 Å². The molecule has 2 amide bonds. The average molecular weight is 641 g/mol. The number of anilines is 1. The molecular weight excluding hydrogens is 613 g/mol. The normalized spacial score (nSPS) is 11.7. The molecule has 0 aliphatic heterocycles. The second-order valence-corrected chi connectivity index (χ2v) is 11.0. The highest BCUT2D eigenvalue weighted by molar-refractivity contribution is 7.07. The molecule has 1 aromatic heterocycles. The molecule has 0 fully saturated rings. The van der Waals surface area contributed by atoms with Crippen LogP contribution in [0.25, 0.3) is 12.2 Å². The second kappa shape index (κ2) is 14.7. The minimum Gasteiger partial charge on any atom is -0.497 e. The van der Waals surface area contributed by atoms with E-state index in [-0.39, 0.29) is 39.5 Å². The summed E-state index contributed by atoms with van der Waals surface area (Å²) in [4.78, 5) is 51.2. The van der Waals surface area contributed by atoms with Crippen LogP contribution in [0.1, 0.15) is 28.4 Å². The Hall–Kier alpha value is -4.38. The molecule has 9 nitrogen and oxygen atoms in total. The molecular formula is C31H27Cl2N3O6S. The van der Waals surface area contributed by atoms with Gasteiger partial charge in [0.2, 0.25) is 5.91 Å². The van der Waals surface area contributed by atoms with Crippen molar-refractivity contribution in [2.45, 2.75) is 20.0 Å². The van der Waals surface area contributed by atoms with Crippen molar-refractivity contribution in [2.75, 3.05) is 19.0 Å². The smallest absolute Gasteiger partial charge is 0.333 e. The highest BCUT2D eigenvalue weighted by Gasteiger charge is 2.13. The highest BCUT2D eigenvalue weighted by atomic mass is 35.5. The summed E-state index contributed by atoms with van der Waals surface area (Å²) < 4.78 is 11.9. The fourth-order valence-corrected chi connectivity index (χ4v) is 5.48. The Morgan fingerprint density at radius 1 is 1.02 bits per heavy atom. The van der Waals surface area contributed by atoms with E-state index in [0.717, 1.165) is 16.9 Å². The van der Waals surface area contributed by atoms with Gasteiger partial charge in [-0.2, -0.15) is 0 Å². The SMILES string of the molecule is CCOC(=O)C=c1sc(=Cc2cccc(NC(=O)c3ccc(Cl)cc3Cl)c2)c(=O)n1CC(=O)NCc1ccc(OC)cc1. The molecule has 0 radical (unpaired) electrons. The van der Waals surface area contributed by atoms with Gasteiger partial charge in [0, 0.05) is 17.3 Å². The maximum absolute atomic E-state index is 13.4. The molecule has 0 atom stereocenters. The van der Waals surface area contributed by atoms with E-state index < -0.39 is 23.3 Å². The molecule has 0 saturated heterocycles. The lowest BCUT2D eigenvalue weighted by molar-refractivity contribution is -0.135. The van der Waals surface area contributed by atoms with Crippen LogP contribution in [0.2, 0.25) is 10.0 Å². The van der Waals surface area contributed by atoms with Crippen LogP contribution < -0.4 is 30.1 Å². The van der Waals surface area contributed by atoms with E-state index in [2.05, 4.69) is 10.6 Å². The maximum atomic E-state index is 13.4. The molecule has 0 spiro atoms. The molecule has 0 aliphatic carbocycles. The Morgan fingerprint density at radius 3 is 2.49 bits per heavy atom. The van der Waals surface area contributed by atoms with Gasteiger partial charge in [0.05, 0.1) is 34.9 Å². The third-order valence-electron chi connectivity index (χ3n) is 6.03. The van der Waals surface area contributed by atoms with Gasteiger partial charge in [0.25, 0.3) is 11.5 Å². The number of thiazole rings is 1. The number of amides is 2. The first-order valence-electron chi connectivity index (χ1n) is 13.0. The minimum atomic E-state index is -0.631. The van der Waals surface area contributed by atoms with Crippen molar-refractivity contribution in [3.05, 3.63) is 113 Å². The van der Waals surface area contributed by atoms with E-state index in [4.69, 9.17) is 32.7 Å². The van der Waals surface area contributed by atoms with Gasteiger partial charge in [-0.1, -0.05) is 47.5 Å². The molecule has 0 bridgehead atoms. The van der Waals surface area contributed by atoms with Gasteiger partial charge in [-0.15, -0.1) is 11.3 Å². The van der Waals surface area contributed by atoms with E-state index >= 15 is 0 Å². The van der Waals surface area contributed by atoms with Crippen molar-refractivity contribution in [3.8, 4) is 5.75 Å². The predicted octanol–water partition coefficient (Wildman–Crippen LogP) is 3.97. The van der Waals surface area contributed by atoms with Crippen molar-refractivity contribution in [3.63, 3.8) is 0 Å². The zero-order valence-electron chi connectivity index (χ0n) is 23.2. The molecule has 43 heavy (non-hydrogen) atoms. The fraction of sp³-hybridized carbons (Fsp3) is 0.161. The van der Waals surface area contributed by atoms with Gasteiger partial charge in [-0.05, 0) is 66.6 Å². The van der Waals surface area contributed by atoms with Crippen molar-refractivity contribution in [1.29, 1.82) is 0 Å². The molecule has 12 heteroatoms.